The van der Waals surface area contributed by atoms with Crippen LogP contribution < -0.4 is 26.6 Å². The Bertz CT molecular complexity index is 1870. The van der Waals surface area contributed by atoms with Crippen LogP contribution in [0.15, 0.2) is 0 Å². The molecule has 28 nitrogen and oxygen atoms in total. The predicted molar refractivity (Wildman–Crippen MR) is 244 cm³/mol. The predicted octanol–water partition coefficient (Wildman–Crippen LogP) is -2.48. The van der Waals surface area contributed by atoms with E-state index in [2.05, 4.69) is 26.6 Å². The fourth-order valence-electron chi connectivity index (χ4n) is 7.28. The van der Waals surface area contributed by atoms with Gasteiger partial charge in [-0.25, -0.2) is 0 Å². The Morgan fingerprint density at radius 1 is 0.534 bits per heavy atom. The zero-order chi connectivity index (χ0) is 54.6. The van der Waals surface area contributed by atoms with Gasteiger partial charge in [-0.3, -0.25) is 52.7 Å². The molecule has 2 aliphatic heterocycles. The van der Waals surface area contributed by atoms with Gasteiger partial charge >= 0.3 is 35.8 Å². The third kappa shape index (κ3) is 24.9. The highest BCUT2D eigenvalue weighted by molar-refractivity contribution is 5.88. The van der Waals surface area contributed by atoms with Crippen molar-refractivity contribution >= 4 is 65.4 Å². The molecule has 2 rings (SSSR count). The maximum absolute atomic E-state index is 13.1. The molecule has 0 saturated carbocycles. The lowest BCUT2D eigenvalue weighted by atomic mass is 9.95. The monoisotopic (exact) mass is 1050 g/mol. The fraction of sp³-hybridized carbons (Fsp3) is 0.756. The first-order valence-corrected chi connectivity index (χ1v) is 23.5. The summed E-state index contributed by atoms with van der Waals surface area (Å²) >= 11 is 0. The van der Waals surface area contributed by atoms with Gasteiger partial charge in [0.25, 0.3) is 0 Å². The van der Waals surface area contributed by atoms with E-state index in [4.69, 9.17) is 56.8 Å². The van der Waals surface area contributed by atoms with Gasteiger partial charge in [-0.05, 0) is 6.42 Å². The molecule has 0 radical (unpaired) electrons. The number of carbonyl (C=O) groups is 11. The standard InChI is InChI=1S/C45H71N5O23/c1-10-35(59)50-33(43(61)47-14-16-63-18-20-65-45-38(49-25(3)52)42(72-31(9)58)40(70-29(7)56)34(73-45)23-67-27(5)54)11-12-36(60)46-13-15-62-17-19-64-44-37(48-24(2)51)41(71-30(8)57)39(69-28(6)55)32(22-68-44)21-66-26(4)53/h32-34,37-42,44-45H,10-23H2,1-9H3,(H,46,60)(H,47,61)(H,48,51)(H,49,52)(H,50,59). The third-order valence-corrected chi connectivity index (χ3v) is 10.2. The zero-order valence-electron chi connectivity index (χ0n) is 42.6. The number of ether oxygens (including phenoxy) is 12. The Morgan fingerprint density at radius 2 is 1.01 bits per heavy atom. The van der Waals surface area contributed by atoms with E-state index in [-0.39, 0.29) is 85.2 Å². The average Bonchev–Trinajstić information content (AvgIpc) is 3.41. The summed E-state index contributed by atoms with van der Waals surface area (Å²) in [7, 11) is 0. The average molecular weight is 1050 g/mol. The normalized spacial score (nSPS) is 23.9. The summed E-state index contributed by atoms with van der Waals surface area (Å²) < 4.78 is 66.8. The van der Waals surface area contributed by atoms with E-state index >= 15 is 0 Å². The number of carbonyl (C=O) groups excluding carboxylic acids is 11. The second-order valence-corrected chi connectivity index (χ2v) is 16.5. The van der Waals surface area contributed by atoms with E-state index in [0.29, 0.717) is 0 Å². The van der Waals surface area contributed by atoms with Gasteiger partial charge in [0, 0.05) is 81.3 Å². The van der Waals surface area contributed by atoms with Crippen molar-refractivity contribution in [2.24, 2.45) is 5.92 Å². The highest BCUT2D eigenvalue weighted by Gasteiger charge is 2.52. The third-order valence-electron chi connectivity index (χ3n) is 10.2. The fourth-order valence-corrected chi connectivity index (χ4v) is 7.28. The van der Waals surface area contributed by atoms with Gasteiger partial charge in [-0.2, -0.15) is 0 Å². The van der Waals surface area contributed by atoms with Crippen molar-refractivity contribution in [3.8, 4) is 0 Å². The van der Waals surface area contributed by atoms with E-state index in [0.717, 1.165) is 34.6 Å². The maximum Gasteiger partial charge on any atom is 0.303 e. The van der Waals surface area contributed by atoms with Crippen molar-refractivity contribution in [3.63, 3.8) is 0 Å². The lowest BCUT2D eigenvalue weighted by Crippen LogP contribution is -2.66. The number of hydrogen-bond donors (Lipinski definition) is 5. The van der Waals surface area contributed by atoms with Gasteiger partial charge in [0.1, 0.15) is 36.9 Å². The van der Waals surface area contributed by atoms with Crippen LogP contribution in [-0.2, 0) is 110 Å². The summed E-state index contributed by atoms with van der Waals surface area (Å²) in [6, 6.07) is -3.42. The summed E-state index contributed by atoms with van der Waals surface area (Å²) in [5.74, 6) is -7.67. The van der Waals surface area contributed by atoms with Crippen molar-refractivity contribution in [3.05, 3.63) is 0 Å². The molecule has 11 unspecified atom stereocenters. The van der Waals surface area contributed by atoms with Crippen LogP contribution in [0.5, 0.6) is 0 Å². The molecular weight excluding hydrogens is 979 g/mol. The Hall–Kier alpha value is -6.07. The quantitative estimate of drug-likeness (QED) is 0.0282. The number of amides is 5. The van der Waals surface area contributed by atoms with E-state index in [1.165, 1.54) is 20.8 Å². The molecule has 2 fully saturated rings. The van der Waals surface area contributed by atoms with E-state index in [1.54, 1.807) is 6.92 Å². The van der Waals surface area contributed by atoms with E-state index in [9.17, 15) is 52.7 Å². The molecule has 73 heavy (non-hydrogen) atoms. The smallest absolute Gasteiger partial charge is 0.303 e. The topological polar surface area (TPSA) is 359 Å². The number of nitrogens with one attached hydrogen (secondary N) is 5. The lowest BCUT2D eigenvalue weighted by molar-refractivity contribution is -0.279. The van der Waals surface area contributed by atoms with Crippen LogP contribution in [0, 0.1) is 5.92 Å². The molecule has 414 valence electrons. The van der Waals surface area contributed by atoms with Gasteiger partial charge in [0.2, 0.25) is 29.5 Å². The molecule has 2 aliphatic rings. The first kappa shape index (κ1) is 63.0. The lowest BCUT2D eigenvalue weighted by Gasteiger charge is -2.44. The molecule has 0 bridgehead atoms. The van der Waals surface area contributed by atoms with Gasteiger partial charge < -0.3 is 83.4 Å². The SMILES string of the molecule is CCC(=O)NC(CCC(=O)NCCOCCOC1OCC(COC(C)=O)C(OC(C)=O)C(OC(C)=O)C1NC(C)=O)C(=O)NCCOCCOC1OC(COC(C)=O)C(OC(C)=O)C(OC(C)=O)C1NC(C)=O. The molecular formula is C45H71N5O23. The first-order chi connectivity index (χ1) is 34.5. The van der Waals surface area contributed by atoms with Crippen LogP contribution in [0.3, 0.4) is 0 Å². The molecule has 0 spiro atoms. The number of rotatable bonds is 30. The minimum atomic E-state index is -1.31. The molecule has 5 amide bonds. The maximum atomic E-state index is 13.1. The van der Waals surface area contributed by atoms with Crippen LogP contribution in [0.4, 0.5) is 0 Å². The van der Waals surface area contributed by atoms with Gasteiger partial charge in [0.15, 0.2) is 30.9 Å². The van der Waals surface area contributed by atoms with Crippen molar-refractivity contribution < 1.29 is 110 Å². The Kier molecular flexibility index (Phi) is 29.0. The van der Waals surface area contributed by atoms with Crippen LogP contribution in [0.2, 0.25) is 0 Å². The molecule has 2 saturated heterocycles. The first-order valence-electron chi connectivity index (χ1n) is 23.5. The summed E-state index contributed by atoms with van der Waals surface area (Å²) in [6.45, 7) is 9.65. The van der Waals surface area contributed by atoms with E-state index in [1.807, 2.05) is 0 Å². The summed E-state index contributed by atoms with van der Waals surface area (Å²) in [4.78, 5) is 134. The number of hydrogen-bond acceptors (Lipinski definition) is 23. The molecule has 28 heteroatoms. The van der Waals surface area contributed by atoms with Crippen molar-refractivity contribution in [1.29, 1.82) is 0 Å². The Labute approximate surface area is 422 Å². The summed E-state index contributed by atoms with van der Waals surface area (Å²) in [5.41, 5.74) is 0. The van der Waals surface area contributed by atoms with Crippen molar-refractivity contribution in [2.75, 3.05) is 72.6 Å². The molecule has 0 aromatic rings. The summed E-state index contributed by atoms with van der Waals surface area (Å²) in [6.07, 6.45) is -8.96. The van der Waals surface area contributed by atoms with Crippen LogP contribution in [0.1, 0.15) is 81.6 Å². The Balaban J connectivity index is 1.88. The minimum absolute atomic E-state index is 0.0129. The van der Waals surface area contributed by atoms with Crippen molar-refractivity contribution in [1.82, 2.24) is 26.6 Å². The Morgan fingerprint density at radius 3 is 1.53 bits per heavy atom. The second kappa shape index (κ2) is 33.6. The van der Waals surface area contributed by atoms with Crippen molar-refractivity contribution in [2.45, 2.75) is 143 Å². The highest BCUT2D eigenvalue weighted by atomic mass is 16.7. The largest absolute Gasteiger partial charge is 0.465 e. The minimum Gasteiger partial charge on any atom is -0.465 e. The zero-order valence-corrected chi connectivity index (χ0v) is 42.6. The molecule has 11 atom stereocenters. The van der Waals surface area contributed by atoms with Gasteiger partial charge in [0.05, 0.1) is 58.8 Å². The second-order valence-electron chi connectivity index (χ2n) is 16.5. The van der Waals surface area contributed by atoms with Crippen LogP contribution >= 0.6 is 0 Å². The van der Waals surface area contributed by atoms with Gasteiger partial charge in [-0.1, -0.05) is 6.92 Å². The molecule has 0 aromatic heterocycles. The molecule has 5 N–H and O–H groups in total. The van der Waals surface area contributed by atoms with Gasteiger partial charge in [-0.15, -0.1) is 0 Å². The molecule has 0 aromatic carbocycles. The van der Waals surface area contributed by atoms with Crippen LogP contribution in [0.25, 0.3) is 0 Å². The highest BCUT2D eigenvalue weighted by Crippen LogP contribution is 2.29. The summed E-state index contributed by atoms with van der Waals surface area (Å²) in [5, 5.41) is 13.1. The molecule has 0 aliphatic carbocycles. The number of esters is 6. The molecule has 2 heterocycles. The van der Waals surface area contributed by atoms with Crippen LogP contribution in [-0.4, -0.2) is 199 Å². The van der Waals surface area contributed by atoms with E-state index < -0.39 is 139 Å².